The minimum atomic E-state index is 0.134. The number of carbonyl (C=O) groups is 1. The first-order chi connectivity index (χ1) is 9.63. The van der Waals surface area contributed by atoms with E-state index >= 15 is 0 Å². The molecule has 0 aliphatic carbocycles. The van der Waals surface area contributed by atoms with Crippen LogP contribution in [0.4, 0.5) is 0 Å². The molecule has 1 aliphatic rings. The summed E-state index contributed by atoms with van der Waals surface area (Å²) >= 11 is 0. The molecule has 0 radical (unpaired) electrons. The Morgan fingerprint density at radius 3 is 2.65 bits per heavy atom. The van der Waals surface area contributed by atoms with E-state index in [4.69, 9.17) is 0 Å². The molecule has 3 heteroatoms. The van der Waals surface area contributed by atoms with E-state index in [-0.39, 0.29) is 12.0 Å². The molecule has 0 saturated carbocycles. The number of benzene rings is 1. The first-order valence-electron chi connectivity index (χ1n) is 7.67. The van der Waals surface area contributed by atoms with E-state index in [0.29, 0.717) is 5.91 Å². The van der Waals surface area contributed by atoms with Crippen molar-refractivity contribution in [1.29, 1.82) is 0 Å². The monoisotopic (exact) mass is 274 g/mol. The van der Waals surface area contributed by atoms with E-state index in [0.717, 1.165) is 32.5 Å². The molecule has 20 heavy (non-hydrogen) atoms. The van der Waals surface area contributed by atoms with Gasteiger partial charge in [0.15, 0.2) is 0 Å². The van der Waals surface area contributed by atoms with Crippen LogP contribution in [0.25, 0.3) is 0 Å². The van der Waals surface area contributed by atoms with Crippen molar-refractivity contribution in [1.82, 2.24) is 9.80 Å². The van der Waals surface area contributed by atoms with Crippen LogP contribution in [-0.4, -0.2) is 42.4 Å². The molecular formula is C17H26N2O. The molecule has 0 aromatic heterocycles. The summed E-state index contributed by atoms with van der Waals surface area (Å²) in [6.07, 6.45) is 2.04. The molecule has 1 heterocycles. The average Bonchev–Trinajstić information content (AvgIpc) is 2.47. The summed E-state index contributed by atoms with van der Waals surface area (Å²) in [5.74, 6) is 0.448. The maximum atomic E-state index is 12.7. The molecule has 0 bridgehead atoms. The lowest BCUT2D eigenvalue weighted by molar-refractivity contribution is -0.140. The lowest BCUT2D eigenvalue weighted by Crippen LogP contribution is -2.50. The minimum absolute atomic E-state index is 0.134. The zero-order valence-electron chi connectivity index (χ0n) is 12.9. The van der Waals surface area contributed by atoms with Crippen LogP contribution in [-0.2, 0) is 4.79 Å². The van der Waals surface area contributed by atoms with Gasteiger partial charge in [-0.3, -0.25) is 4.79 Å². The zero-order chi connectivity index (χ0) is 14.5. The van der Waals surface area contributed by atoms with Crippen LogP contribution in [0.1, 0.15) is 38.3 Å². The number of rotatable bonds is 4. The Bertz CT molecular complexity index is 432. The van der Waals surface area contributed by atoms with E-state index in [2.05, 4.69) is 55.0 Å². The summed E-state index contributed by atoms with van der Waals surface area (Å²) in [6.45, 7) is 6.93. The van der Waals surface area contributed by atoms with Gasteiger partial charge in [-0.15, -0.1) is 0 Å². The van der Waals surface area contributed by atoms with Gasteiger partial charge in [0.1, 0.15) is 0 Å². The largest absolute Gasteiger partial charge is 0.333 e. The fourth-order valence-corrected chi connectivity index (χ4v) is 2.98. The molecule has 1 fully saturated rings. The van der Waals surface area contributed by atoms with Crippen LogP contribution in [0.2, 0.25) is 0 Å². The van der Waals surface area contributed by atoms with Gasteiger partial charge >= 0.3 is 0 Å². The van der Waals surface area contributed by atoms with Gasteiger partial charge in [-0.05, 0) is 19.0 Å². The summed E-state index contributed by atoms with van der Waals surface area (Å²) in [5, 5.41) is 0. The Kier molecular flexibility index (Phi) is 5.18. The molecule has 0 spiro atoms. The van der Waals surface area contributed by atoms with Crippen molar-refractivity contribution in [2.75, 3.05) is 26.7 Å². The highest BCUT2D eigenvalue weighted by Gasteiger charge is 2.31. The van der Waals surface area contributed by atoms with E-state index < -0.39 is 0 Å². The van der Waals surface area contributed by atoms with E-state index in [1.165, 1.54) is 5.56 Å². The molecule has 2 unspecified atom stereocenters. The van der Waals surface area contributed by atoms with Crippen molar-refractivity contribution in [3.8, 4) is 0 Å². The van der Waals surface area contributed by atoms with Crippen molar-refractivity contribution < 1.29 is 4.79 Å². The molecule has 3 nitrogen and oxygen atoms in total. The molecule has 110 valence electrons. The Balaban J connectivity index is 2.18. The Labute approximate surface area is 122 Å². The molecule has 1 aliphatic heterocycles. The molecule has 2 rings (SSSR count). The summed E-state index contributed by atoms with van der Waals surface area (Å²) in [5.41, 5.74) is 1.25. The van der Waals surface area contributed by atoms with Crippen LogP contribution in [0.5, 0.6) is 0 Å². The predicted octanol–water partition coefficient (Wildman–Crippen LogP) is 2.94. The molecule has 1 aromatic rings. The first kappa shape index (κ1) is 15.0. The van der Waals surface area contributed by atoms with Crippen molar-refractivity contribution in [3.63, 3.8) is 0 Å². The summed E-state index contributed by atoms with van der Waals surface area (Å²) in [6, 6.07) is 10.6. The summed E-state index contributed by atoms with van der Waals surface area (Å²) < 4.78 is 0. The van der Waals surface area contributed by atoms with Gasteiger partial charge in [-0.25, -0.2) is 0 Å². The van der Waals surface area contributed by atoms with Gasteiger partial charge in [0.25, 0.3) is 0 Å². The van der Waals surface area contributed by atoms with E-state index in [9.17, 15) is 4.79 Å². The fraction of sp³-hybridized carbons (Fsp3) is 0.588. The highest BCUT2D eigenvalue weighted by Crippen LogP contribution is 2.27. The van der Waals surface area contributed by atoms with Crippen molar-refractivity contribution >= 4 is 5.91 Å². The van der Waals surface area contributed by atoms with Gasteiger partial charge in [0, 0.05) is 25.6 Å². The van der Waals surface area contributed by atoms with Crippen LogP contribution in [0.15, 0.2) is 30.3 Å². The third-order valence-corrected chi connectivity index (χ3v) is 4.19. The van der Waals surface area contributed by atoms with Crippen LogP contribution in [0, 0.1) is 5.92 Å². The normalized spacial score (nSPS) is 21.8. The molecule has 1 saturated heterocycles. The van der Waals surface area contributed by atoms with E-state index in [1.807, 2.05) is 6.07 Å². The highest BCUT2D eigenvalue weighted by atomic mass is 16.2. The molecule has 1 aromatic carbocycles. The zero-order valence-corrected chi connectivity index (χ0v) is 12.9. The first-order valence-corrected chi connectivity index (χ1v) is 7.67. The number of likely N-dealkylation sites (N-methyl/N-ethyl adjacent to an activating group) is 1. The third kappa shape index (κ3) is 3.40. The second-order valence-corrected chi connectivity index (χ2v) is 5.91. The number of hydrogen-bond acceptors (Lipinski definition) is 2. The summed E-state index contributed by atoms with van der Waals surface area (Å²) in [4.78, 5) is 17.1. The van der Waals surface area contributed by atoms with Crippen LogP contribution < -0.4 is 0 Å². The topological polar surface area (TPSA) is 23.6 Å². The molecular weight excluding hydrogens is 248 g/mol. The number of amides is 1. The SMILES string of the molecule is CCCC(C)C(=O)N1CCN(C)CC1c1ccccc1. The second kappa shape index (κ2) is 6.89. The van der Waals surface area contributed by atoms with Crippen molar-refractivity contribution in [3.05, 3.63) is 35.9 Å². The number of hydrogen-bond donors (Lipinski definition) is 0. The van der Waals surface area contributed by atoms with Gasteiger partial charge < -0.3 is 9.80 Å². The predicted molar refractivity (Wildman–Crippen MR) is 82.5 cm³/mol. The van der Waals surface area contributed by atoms with E-state index in [1.54, 1.807) is 0 Å². The minimum Gasteiger partial charge on any atom is -0.333 e. The number of nitrogens with zero attached hydrogens (tertiary/aromatic N) is 2. The Morgan fingerprint density at radius 2 is 2.00 bits per heavy atom. The lowest BCUT2D eigenvalue weighted by atomic mass is 9.98. The quantitative estimate of drug-likeness (QED) is 0.843. The van der Waals surface area contributed by atoms with Crippen molar-refractivity contribution in [2.45, 2.75) is 32.7 Å². The standard InChI is InChI=1S/C17H26N2O/c1-4-8-14(2)17(20)19-12-11-18(3)13-16(19)15-9-6-5-7-10-15/h5-7,9-10,14,16H,4,8,11-13H2,1-3H3. The number of piperazine rings is 1. The van der Waals surface area contributed by atoms with Gasteiger partial charge in [-0.2, -0.15) is 0 Å². The summed E-state index contributed by atoms with van der Waals surface area (Å²) in [7, 11) is 2.13. The maximum Gasteiger partial charge on any atom is 0.226 e. The van der Waals surface area contributed by atoms with Gasteiger partial charge in [0.2, 0.25) is 5.91 Å². The Morgan fingerprint density at radius 1 is 1.30 bits per heavy atom. The smallest absolute Gasteiger partial charge is 0.226 e. The number of carbonyl (C=O) groups excluding carboxylic acids is 1. The Hall–Kier alpha value is -1.35. The third-order valence-electron chi connectivity index (χ3n) is 4.19. The van der Waals surface area contributed by atoms with Crippen molar-refractivity contribution in [2.24, 2.45) is 5.92 Å². The molecule has 0 N–H and O–H groups in total. The van der Waals surface area contributed by atoms with Crippen LogP contribution in [0.3, 0.4) is 0 Å². The van der Waals surface area contributed by atoms with Crippen LogP contribution >= 0.6 is 0 Å². The fourth-order valence-electron chi connectivity index (χ4n) is 2.98. The molecule has 2 atom stereocenters. The maximum absolute atomic E-state index is 12.7. The second-order valence-electron chi connectivity index (χ2n) is 5.91. The van der Waals surface area contributed by atoms with Gasteiger partial charge in [0.05, 0.1) is 6.04 Å². The van der Waals surface area contributed by atoms with Gasteiger partial charge in [-0.1, -0.05) is 50.6 Å². The highest BCUT2D eigenvalue weighted by molar-refractivity contribution is 5.79. The average molecular weight is 274 g/mol. The molecule has 1 amide bonds. The lowest BCUT2D eigenvalue weighted by Gasteiger charge is -2.41.